The van der Waals surface area contributed by atoms with E-state index in [-0.39, 0.29) is 40.4 Å². The number of carbonyl (C=O) groups excluding carboxylic acids is 1. The van der Waals surface area contributed by atoms with E-state index >= 15 is 0 Å². The van der Waals surface area contributed by atoms with Crippen LogP contribution in [0.15, 0.2) is 127 Å². The first-order chi connectivity index (χ1) is 26.0. The topological polar surface area (TPSA) is 63.2 Å². The molecule has 8 heteroatoms. The zero-order chi connectivity index (χ0) is 40.3. The number of hydrogen-bond donors (Lipinski definition) is 0. The lowest BCUT2D eigenvalue weighted by Gasteiger charge is -2.45. The van der Waals surface area contributed by atoms with Gasteiger partial charge in [-0.05, 0) is 69.3 Å². The van der Waals surface area contributed by atoms with Gasteiger partial charge in [0.25, 0.3) is 8.32 Å². The molecular weight excluding hydrogens is 717 g/mol. The Labute approximate surface area is 333 Å². The Morgan fingerprint density at radius 2 is 1.22 bits per heavy atom. The molecule has 0 saturated carbocycles. The monoisotopic (exact) mass is 780 g/mol. The first kappa shape index (κ1) is 43.9. The molecule has 0 aromatic heterocycles. The Morgan fingerprint density at radius 1 is 0.691 bits per heavy atom. The maximum atomic E-state index is 13.2. The van der Waals surface area contributed by atoms with E-state index in [0.717, 1.165) is 11.3 Å². The summed E-state index contributed by atoms with van der Waals surface area (Å²) < 4.78 is 32.2. The molecule has 6 nitrogen and oxygen atoms in total. The summed E-state index contributed by atoms with van der Waals surface area (Å²) in [4.78, 5) is 13.2. The van der Waals surface area contributed by atoms with Crippen LogP contribution in [0.2, 0.25) is 23.2 Å². The summed E-state index contributed by atoms with van der Waals surface area (Å²) in [6, 6.07) is 38.5. The zero-order valence-corrected chi connectivity index (χ0v) is 37.0. The third kappa shape index (κ3) is 11.9. The zero-order valence-electron chi connectivity index (χ0n) is 35.0. The van der Waals surface area contributed by atoms with Crippen LogP contribution in [-0.4, -0.2) is 48.5 Å². The summed E-state index contributed by atoms with van der Waals surface area (Å²) in [6.07, 6.45) is 3.57. The molecule has 0 amide bonds. The van der Waals surface area contributed by atoms with Crippen LogP contribution in [0.4, 0.5) is 0 Å². The van der Waals surface area contributed by atoms with E-state index in [4.69, 9.17) is 23.1 Å². The second kappa shape index (κ2) is 19.4. The van der Waals surface area contributed by atoms with Crippen LogP contribution in [0, 0.1) is 11.8 Å². The molecule has 4 rings (SSSR count). The molecule has 0 aliphatic rings. The third-order valence-electron chi connectivity index (χ3n) is 10.9. The largest absolute Gasteiger partial charge is 0.497 e. The molecule has 0 radical (unpaired) electrons. The number of esters is 1. The van der Waals surface area contributed by atoms with E-state index in [1.165, 1.54) is 10.4 Å². The summed E-state index contributed by atoms with van der Waals surface area (Å²) in [6.45, 7) is 23.7. The number of methoxy groups -OCH3 is 1. The summed E-state index contributed by atoms with van der Waals surface area (Å²) >= 11 is 0. The van der Waals surface area contributed by atoms with Gasteiger partial charge in [-0.1, -0.05) is 159 Å². The van der Waals surface area contributed by atoms with Gasteiger partial charge < -0.3 is 23.1 Å². The average Bonchev–Trinajstić information content (AvgIpc) is 3.15. The van der Waals surface area contributed by atoms with Gasteiger partial charge in [0, 0.05) is 12.5 Å². The molecular formula is C47H64O6Si2. The lowest BCUT2D eigenvalue weighted by molar-refractivity contribution is -0.136. The van der Waals surface area contributed by atoms with Crippen molar-refractivity contribution in [1.29, 1.82) is 0 Å². The second-order valence-corrected chi connectivity index (χ2v) is 26.3. The van der Waals surface area contributed by atoms with Gasteiger partial charge in [0.2, 0.25) is 0 Å². The van der Waals surface area contributed by atoms with Crippen molar-refractivity contribution in [2.75, 3.05) is 13.7 Å². The van der Waals surface area contributed by atoms with E-state index in [9.17, 15) is 4.79 Å². The lowest BCUT2D eigenvalue weighted by Crippen LogP contribution is -2.67. The summed E-state index contributed by atoms with van der Waals surface area (Å²) in [5.41, 5.74) is 0.983. The lowest BCUT2D eigenvalue weighted by atomic mass is 9.93. The fourth-order valence-electron chi connectivity index (χ4n) is 6.71. The summed E-state index contributed by atoms with van der Waals surface area (Å²) in [5, 5.41) is 2.39. The Kier molecular flexibility index (Phi) is 15.5. The van der Waals surface area contributed by atoms with Crippen molar-refractivity contribution in [2.24, 2.45) is 11.8 Å². The molecule has 55 heavy (non-hydrogen) atoms. The molecule has 0 fully saturated rings. The second-order valence-electron chi connectivity index (χ2n) is 17.2. The molecule has 0 saturated heterocycles. The SMILES string of the molecule is COc1ccc(CO[C@H](/C=C\[C@H](C)[C@H](O[Si](C)(C)C(C)(C)C)[C@@H](C)CO[Si](c2ccccc2)(c2ccccc2)C(C)(C)C)CC(=O)Oc2ccccc2)cc1. The molecule has 0 aliphatic carbocycles. The number of benzene rings is 4. The molecule has 4 aromatic rings. The minimum absolute atomic E-state index is 0.0101. The van der Waals surface area contributed by atoms with Crippen molar-refractivity contribution < 1.29 is 27.9 Å². The van der Waals surface area contributed by atoms with Crippen molar-refractivity contribution in [3.63, 3.8) is 0 Å². The van der Waals surface area contributed by atoms with Crippen molar-refractivity contribution in [1.82, 2.24) is 0 Å². The van der Waals surface area contributed by atoms with Crippen LogP contribution >= 0.6 is 0 Å². The van der Waals surface area contributed by atoms with Gasteiger partial charge in [-0.15, -0.1) is 0 Å². The first-order valence-electron chi connectivity index (χ1n) is 19.6. The maximum Gasteiger partial charge on any atom is 0.314 e. The van der Waals surface area contributed by atoms with Crippen molar-refractivity contribution in [2.45, 2.75) is 104 Å². The number of ether oxygens (including phenoxy) is 3. The molecule has 0 bridgehead atoms. The smallest absolute Gasteiger partial charge is 0.314 e. The number of para-hydroxylation sites is 1. The first-order valence-corrected chi connectivity index (χ1v) is 24.4. The maximum absolute atomic E-state index is 13.2. The van der Waals surface area contributed by atoms with Crippen LogP contribution in [0.5, 0.6) is 11.5 Å². The molecule has 0 aliphatic heterocycles. The quantitative estimate of drug-likeness (QED) is 0.0434. The number of rotatable bonds is 18. The average molecular weight is 781 g/mol. The van der Waals surface area contributed by atoms with Crippen LogP contribution in [0.3, 0.4) is 0 Å². The van der Waals surface area contributed by atoms with Crippen LogP contribution < -0.4 is 19.8 Å². The fourth-order valence-corrected chi connectivity index (χ4v) is 12.9. The Bertz CT molecular complexity index is 1720. The highest BCUT2D eigenvalue weighted by Gasteiger charge is 2.51. The molecule has 0 unspecified atom stereocenters. The molecule has 0 heterocycles. The highest BCUT2D eigenvalue weighted by Crippen LogP contribution is 2.41. The minimum atomic E-state index is -2.77. The third-order valence-corrected chi connectivity index (χ3v) is 20.4. The highest BCUT2D eigenvalue weighted by molar-refractivity contribution is 6.99. The Hall–Kier alpha value is -3.80. The predicted molar refractivity (Wildman–Crippen MR) is 231 cm³/mol. The highest BCUT2D eigenvalue weighted by atomic mass is 28.4. The molecule has 0 N–H and O–H groups in total. The Morgan fingerprint density at radius 3 is 1.71 bits per heavy atom. The molecule has 4 atom stereocenters. The van der Waals surface area contributed by atoms with Crippen molar-refractivity contribution >= 4 is 33.0 Å². The summed E-state index contributed by atoms with van der Waals surface area (Å²) in [7, 11) is -3.34. The van der Waals surface area contributed by atoms with E-state index in [1.807, 2.05) is 48.5 Å². The predicted octanol–water partition coefficient (Wildman–Crippen LogP) is 10.4. The number of hydrogen-bond acceptors (Lipinski definition) is 6. The van der Waals surface area contributed by atoms with Crippen LogP contribution in [0.1, 0.15) is 67.4 Å². The molecule has 296 valence electrons. The van der Waals surface area contributed by atoms with Gasteiger partial charge >= 0.3 is 5.97 Å². The van der Waals surface area contributed by atoms with Crippen molar-refractivity contribution in [3.8, 4) is 11.5 Å². The minimum Gasteiger partial charge on any atom is -0.497 e. The Balaban J connectivity index is 1.64. The van der Waals surface area contributed by atoms with Gasteiger partial charge in [-0.2, -0.15) is 0 Å². The van der Waals surface area contributed by atoms with Gasteiger partial charge in [-0.25, -0.2) is 0 Å². The van der Waals surface area contributed by atoms with Gasteiger partial charge in [0.15, 0.2) is 8.32 Å². The van der Waals surface area contributed by atoms with Gasteiger partial charge in [0.1, 0.15) is 11.5 Å². The van der Waals surface area contributed by atoms with E-state index in [2.05, 4.69) is 135 Å². The van der Waals surface area contributed by atoms with Gasteiger partial charge in [-0.3, -0.25) is 4.79 Å². The fraction of sp³-hybridized carbons (Fsp3) is 0.426. The van der Waals surface area contributed by atoms with E-state index < -0.39 is 22.7 Å². The van der Waals surface area contributed by atoms with Crippen LogP contribution in [0.25, 0.3) is 0 Å². The van der Waals surface area contributed by atoms with Crippen LogP contribution in [-0.2, 0) is 25.0 Å². The van der Waals surface area contributed by atoms with Crippen molar-refractivity contribution in [3.05, 3.63) is 133 Å². The molecule has 4 aromatic carbocycles. The van der Waals surface area contributed by atoms with Gasteiger partial charge in [0.05, 0.1) is 32.3 Å². The number of carbonyl (C=O) groups is 1. The summed E-state index contributed by atoms with van der Waals surface area (Å²) in [5.74, 6) is 0.975. The normalized spacial score (nSPS) is 15.0. The van der Waals surface area contributed by atoms with E-state index in [1.54, 1.807) is 19.2 Å². The van der Waals surface area contributed by atoms with E-state index in [0.29, 0.717) is 19.0 Å². The molecule has 0 spiro atoms. The standard InChI is InChI=1S/C47H64O6Si2/c1-36(27-30-41(33-44(48)52-40-21-15-12-16-22-40)50-35-38-28-31-39(49-9)32-29-38)45(53-54(10,11)46(3,4)5)37(2)34-51-55(47(6,7)8,42-23-17-13-18-24-42)43-25-19-14-20-26-43/h12-32,36-37,41,45H,33-35H2,1-11H3/b30-27-/t36-,37-,41+,45-/m0/s1.